The Labute approximate surface area is 196 Å². The lowest BCUT2D eigenvalue weighted by atomic mass is 10.0. The number of rotatable bonds is 4. The van der Waals surface area contributed by atoms with Crippen LogP contribution >= 0.6 is 23.6 Å². The molecule has 162 valence electrons. The lowest BCUT2D eigenvalue weighted by Crippen LogP contribution is -2.34. The molecule has 0 aliphatic carbocycles. The maximum atomic E-state index is 12.5. The van der Waals surface area contributed by atoms with Gasteiger partial charge in [-0.1, -0.05) is 38.1 Å². The van der Waals surface area contributed by atoms with Crippen LogP contribution < -0.4 is 10.6 Å². The van der Waals surface area contributed by atoms with Crippen molar-refractivity contribution in [3.8, 4) is 16.3 Å². The molecule has 0 atom stereocenters. The van der Waals surface area contributed by atoms with E-state index in [2.05, 4.69) is 29.5 Å². The number of aromatic nitrogens is 1. The number of nitrogens with zero attached hydrogens (tertiary/aromatic N) is 1. The summed E-state index contributed by atoms with van der Waals surface area (Å²) in [5.41, 5.74) is 4.55. The molecular weight excluding hydrogens is 438 g/mol. The van der Waals surface area contributed by atoms with E-state index in [0.717, 1.165) is 15.2 Å². The van der Waals surface area contributed by atoms with Gasteiger partial charge in [-0.3, -0.25) is 10.1 Å². The maximum Gasteiger partial charge on any atom is 0.257 e. The van der Waals surface area contributed by atoms with Gasteiger partial charge in [0.2, 0.25) is 0 Å². The highest BCUT2D eigenvalue weighted by Crippen LogP contribution is 2.38. The topological polar surface area (TPSA) is 74.2 Å². The van der Waals surface area contributed by atoms with Crippen LogP contribution in [0.15, 0.2) is 60.7 Å². The molecule has 0 saturated carbocycles. The first-order valence-electron chi connectivity index (χ1n) is 10.2. The quantitative estimate of drug-likeness (QED) is 0.248. The SMILES string of the molecule is Cc1cc(NC(=S)NC(=O)c2ccc(C(C)C)cc2)cc(-c2nc3ccccc3s2)c1O. The van der Waals surface area contributed by atoms with Crippen molar-refractivity contribution >= 4 is 50.5 Å². The molecule has 0 bridgehead atoms. The zero-order valence-electron chi connectivity index (χ0n) is 18.0. The Bertz CT molecular complexity index is 1280. The number of benzene rings is 3. The molecule has 0 saturated heterocycles. The number of anilines is 1. The third kappa shape index (κ3) is 4.64. The number of aryl methyl sites for hydroxylation is 1. The number of hydrogen-bond donors (Lipinski definition) is 3. The number of phenolic OH excluding ortho intramolecular Hbond substituents is 1. The van der Waals surface area contributed by atoms with Gasteiger partial charge in [-0.2, -0.15) is 0 Å². The van der Waals surface area contributed by atoms with E-state index in [0.29, 0.717) is 28.3 Å². The van der Waals surface area contributed by atoms with Crippen LogP contribution in [0.2, 0.25) is 0 Å². The Morgan fingerprint density at radius 2 is 1.81 bits per heavy atom. The second-order valence-corrected chi connectivity index (χ2v) is 9.30. The van der Waals surface area contributed by atoms with E-state index in [1.807, 2.05) is 43.3 Å². The van der Waals surface area contributed by atoms with Gasteiger partial charge in [-0.05, 0) is 72.6 Å². The van der Waals surface area contributed by atoms with Gasteiger partial charge in [0.1, 0.15) is 10.8 Å². The minimum absolute atomic E-state index is 0.176. The molecule has 0 spiro atoms. The van der Waals surface area contributed by atoms with Crippen LogP contribution in [-0.2, 0) is 0 Å². The van der Waals surface area contributed by atoms with E-state index in [9.17, 15) is 9.90 Å². The Hall–Kier alpha value is -3.29. The molecule has 0 unspecified atom stereocenters. The molecule has 3 N–H and O–H groups in total. The second kappa shape index (κ2) is 9.06. The number of phenols is 1. The molecule has 1 heterocycles. The summed E-state index contributed by atoms with van der Waals surface area (Å²) in [5.74, 6) is 0.298. The van der Waals surface area contributed by atoms with Crippen molar-refractivity contribution in [3.05, 3.63) is 77.4 Å². The monoisotopic (exact) mass is 461 g/mol. The molecule has 0 aliphatic rings. The van der Waals surface area contributed by atoms with Crippen LogP contribution in [0.5, 0.6) is 5.75 Å². The zero-order chi connectivity index (χ0) is 22.8. The number of para-hydroxylation sites is 1. The maximum absolute atomic E-state index is 12.5. The lowest BCUT2D eigenvalue weighted by Gasteiger charge is -2.13. The summed E-state index contributed by atoms with van der Waals surface area (Å²) < 4.78 is 1.05. The average molecular weight is 462 g/mol. The van der Waals surface area contributed by atoms with E-state index >= 15 is 0 Å². The third-order valence-electron chi connectivity index (χ3n) is 5.15. The Morgan fingerprint density at radius 1 is 1.09 bits per heavy atom. The first-order chi connectivity index (χ1) is 15.3. The standard InChI is InChI=1S/C25H23N3O2S2/c1-14(2)16-8-10-17(11-9-16)23(30)28-25(31)26-18-12-15(3)22(29)19(13-18)24-27-20-6-4-5-7-21(20)32-24/h4-14,29H,1-3H3,(H2,26,28,30,31). The van der Waals surface area contributed by atoms with Crippen molar-refractivity contribution < 1.29 is 9.90 Å². The number of thiocarbonyl (C=S) groups is 1. The van der Waals surface area contributed by atoms with Crippen LogP contribution in [0.25, 0.3) is 20.8 Å². The molecule has 1 amide bonds. The number of carbonyl (C=O) groups excluding carboxylic acids is 1. The molecule has 4 aromatic rings. The van der Waals surface area contributed by atoms with Crippen molar-refractivity contribution in [2.75, 3.05) is 5.32 Å². The predicted octanol–water partition coefficient (Wildman–Crippen LogP) is 6.23. The summed E-state index contributed by atoms with van der Waals surface area (Å²) in [5, 5.41) is 17.3. The number of hydrogen-bond acceptors (Lipinski definition) is 5. The summed E-state index contributed by atoms with van der Waals surface area (Å²) in [4.78, 5) is 17.2. The van der Waals surface area contributed by atoms with E-state index in [1.165, 1.54) is 16.9 Å². The molecule has 1 aromatic heterocycles. The highest BCUT2D eigenvalue weighted by molar-refractivity contribution is 7.80. The molecular formula is C25H23N3O2S2. The van der Waals surface area contributed by atoms with Gasteiger partial charge in [0.15, 0.2) is 5.11 Å². The number of aromatic hydroxyl groups is 1. The summed E-state index contributed by atoms with van der Waals surface area (Å²) in [7, 11) is 0. The highest BCUT2D eigenvalue weighted by Gasteiger charge is 2.15. The van der Waals surface area contributed by atoms with Gasteiger partial charge in [-0.15, -0.1) is 11.3 Å². The highest BCUT2D eigenvalue weighted by atomic mass is 32.1. The summed E-state index contributed by atoms with van der Waals surface area (Å²) >= 11 is 6.86. The van der Waals surface area contributed by atoms with E-state index in [-0.39, 0.29) is 16.8 Å². The van der Waals surface area contributed by atoms with Crippen molar-refractivity contribution in [3.63, 3.8) is 0 Å². The Morgan fingerprint density at radius 3 is 2.50 bits per heavy atom. The molecule has 7 heteroatoms. The fourth-order valence-electron chi connectivity index (χ4n) is 3.36. The fourth-order valence-corrected chi connectivity index (χ4v) is 4.55. The predicted molar refractivity (Wildman–Crippen MR) is 136 cm³/mol. The van der Waals surface area contributed by atoms with Crippen LogP contribution in [0.3, 0.4) is 0 Å². The molecule has 4 rings (SSSR count). The second-order valence-electron chi connectivity index (χ2n) is 7.86. The smallest absolute Gasteiger partial charge is 0.257 e. The van der Waals surface area contributed by atoms with Crippen LogP contribution in [-0.4, -0.2) is 21.1 Å². The Balaban J connectivity index is 1.52. The minimum atomic E-state index is -0.278. The van der Waals surface area contributed by atoms with E-state index in [4.69, 9.17) is 12.2 Å². The summed E-state index contributed by atoms with van der Waals surface area (Å²) in [6.07, 6.45) is 0. The number of carbonyl (C=O) groups is 1. The zero-order valence-corrected chi connectivity index (χ0v) is 19.6. The number of fused-ring (bicyclic) bond motifs is 1. The average Bonchev–Trinajstić information content (AvgIpc) is 3.20. The number of nitrogens with one attached hydrogen (secondary N) is 2. The molecule has 5 nitrogen and oxygen atoms in total. The van der Waals surface area contributed by atoms with Crippen LogP contribution in [0, 0.1) is 6.92 Å². The largest absolute Gasteiger partial charge is 0.507 e. The van der Waals surface area contributed by atoms with Crippen molar-refractivity contribution in [1.29, 1.82) is 0 Å². The molecule has 3 aromatic carbocycles. The number of thiazole rings is 1. The van der Waals surface area contributed by atoms with Crippen molar-refractivity contribution in [2.45, 2.75) is 26.7 Å². The van der Waals surface area contributed by atoms with Gasteiger partial charge in [0.25, 0.3) is 5.91 Å². The van der Waals surface area contributed by atoms with Gasteiger partial charge in [0.05, 0.1) is 15.8 Å². The van der Waals surface area contributed by atoms with Gasteiger partial charge < -0.3 is 10.4 Å². The normalized spacial score (nSPS) is 11.0. The fraction of sp³-hybridized carbons (Fsp3) is 0.160. The van der Waals surface area contributed by atoms with Crippen molar-refractivity contribution in [2.24, 2.45) is 0 Å². The summed E-state index contributed by atoms with van der Waals surface area (Å²) in [6.45, 7) is 6.03. The molecule has 32 heavy (non-hydrogen) atoms. The lowest BCUT2D eigenvalue weighted by molar-refractivity contribution is 0.0977. The van der Waals surface area contributed by atoms with Gasteiger partial charge in [0, 0.05) is 11.3 Å². The van der Waals surface area contributed by atoms with Crippen molar-refractivity contribution in [1.82, 2.24) is 10.3 Å². The third-order valence-corrected chi connectivity index (χ3v) is 6.42. The first-order valence-corrected chi connectivity index (χ1v) is 11.5. The number of amides is 1. The first kappa shape index (κ1) is 21.9. The van der Waals surface area contributed by atoms with E-state index in [1.54, 1.807) is 24.3 Å². The molecule has 0 radical (unpaired) electrons. The summed E-state index contributed by atoms with van der Waals surface area (Å²) in [6, 6.07) is 18.9. The minimum Gasteiger partial charge on any atom is -0.507 e. The molecule has 0 fully saturated rings. The Kier molecular flexibility index (Phi) is 6.21. The van der Waals surface area contributed by atoms with Gasteiger partial charge in [-0.25, -0.2) is 4.98 Å². The van der Waals surface area contributed by atoms with Gasteiger partial charge >= 0.3 is 0 Å². The van der Waals surface area contributed by atoms with Crippen LogP contribution in [0.1, 0.15) is 41.3 Å². The van der Waals surface area contributed by atoms with Crippen LogP contribution in [0.4, 0.5) is 5.69 Å². The van der Waals surface area contributed by atoms with E-state index < -0.39 is 0 Å². The molecule has 0 aliphatic heterocycles.